The van der Waals surface area contributed by atoms with Gasteiger partial charge in [-0.15, -0.1) is 0 Å². The topological polar surface area (TPSA) is 139 Å². The average Bonchev–Trinajstić information content (AvgIpc) is 2.74. The Morgan fingerprint density at radius 3 is 2.13 bits per heavy atom. The summed E-state index contributed by atoms with van der Waals surface area (Å²) in [4.78, 5) is 46.1. The van der Waals surface area contributed by atoms with Gasteiger partial charge in [-0.05, 0) is 42.5 Å². The Hall–Kier alpha value is -4.53. The van der Waals surface area contributed by atoms with Gasteiger partial charge in [-0.2, -0.15) is 0 Å². The summed E-state index contributed by atoms with van der Waals surface area (Å²) in [6.45, 7) is 0. The predicted octanol–water partition coefficient (Wildman–Crippen LogP) is 3.80. The van der Waals surface area contributed by atoms with Crippen molar-refractivity contribution in [3.05, 3.63) is 99.6 Å². The molecular formula is C21H15N3O6. The Morgan fingerprint density at radius 2 is 1.47 bits per heavy atom. The van der Waals surface area contributed by atoms with Gasteiger partial charge >= 0.3 is 5.97 Å². The molecule has 150 valence electrons. The quantitative estimate of drug-likeness (QED) is 0.421. The maximum absolute atomic E-state index is 12.4. The highest BCUT2D eigenvalue weighted by Gasteiger charge is 2.14. The van der Waals surface area contributed by atoms with E-state index in [2.05, 4.69) is 10.6 Å². The summed E-state index contributed by atoms with van der Waals surface area (Å²) in [6, 6.07) is 17.2. The lowest BCUT2D eigenvalue weighted by Crippen LogP contribution is -2.15. The molecule has 3 aromatic carbocycles. The molecule has 0 radical (unpaired) electrons. The number of para-hydroxylation sites is 1. The van der Waals surface area contributed by atoms with Gasteiger partial charge in [-0.25, -0.2) is 4.79 Å². The summed E-state index contributed by atoms with van der Waals surface area (Å²) >= 11 is 0. The lowest BCUT2D eigenvalue weighted by molar-refractivity contribution is -0.384. The van der Waals surface area contributed by atoms with Gasteiger partial charge in [-0.1, -0.05) is 18.2 Å². The van der Waals surface area contributed by atoms with Crippen LogP contribution in [0.3, 0.4) is 0 Å². The Labute approximate surface area is 170 Å². The van der Waals surface area contributed by atoms with E-state index in [0.29, 0.717) is 5.69 Å². The van der Waals surface area contributed by atoms with Crippen molar-refractivity contribution in [1.29, 1.82) is 0 Å². The second kappa shape index (κ2) is 8.65. The normalized spacial score (nSPS) is 10.1. The first-order chi connectivity index (χ1) is 14.3. The highest BCUT2D eigenvalue weighted by Crippen LogP contribution is 2.18. The van der Waals surface area contributed by atoms with Gasteiger partial charge in [0.15, 0.2) is 0 Å². The number of carboxylic acid groups (broad SMARTS) is 1. The Kier molecular flexibility index (Phi) is 5.83. The molecule has 0 bridgehead atoms. The first-order valence-electron chi connectivity index (χ1n) is 8.64. The largest absolute Gasteiger partial charge is 0.478 e. The summed E-state index contributed by atoms with van der Waals surface area (Å²) in [5, 5.41) is 25.1. The van der Waals surface area contributed by atoms with Crippen molar-refractivity contribution >= 4 is 34.8 Å². The van der Waals surface area contributed by atoms with Crippen molar-refractivity contribution < 1.29 is 24.4 Å². The van der Waals surface area contributed by atoms with Gasteiger partial charge in [0.05, 0.1) is 16.2 Å². The molecule has 0 saturated carbocycles. The van der Waals surface area contributed by atoms with Crippen LogP contribution in [0.4, 0.5) is 17.1 Å². The Bertz CT molecular complexity index is 1140. The van der Waals surface area contributed by atoms with E-state index in [-0.39, 0.29) is 28.1 Å². The van der Waals surface area contributed by atoms with Crippen LogP contribution >= 0.6 is 0 Å². The van der Waals surface area contributed by atoms with E-state index in [1.807, 2.05) is 0 Å². The highest BCUT2D eigenvalue weighted by molar-refractivity contribution is 6.08. The molecular weight excluding hydrogens is 390 g/mol. The van der Waals surface area contributed by atoms with E-state index in [9.17, 15) is 29.6 Å². The van der Waals surface area contributed by atoms with Crippen LogP contribution in [-0.2, 0) is 0 Å². The fourth-order valence-corrected chi connectivity index (χ4v) is 2.64. The Balaban J connectivity index is 1.70. The number of carbonyl (C=O) groups is 3. The van der Waals surface area contributed by atoms with Crippen molar-refractivity contribution in [2.45, 2.75) is 0 Å². The molecule has 0 spiro atoms. The molecule has 9 heteroatoms. The summed E-state index contributed by atoms with van der Waals surface area (Å²) in [5.41, 5.74) is 0.690. The van der Waals surface area contributed by atoms with Crippen molar-refractivity contribution in [3.8, 4) is 0 Å². The number of nitrogens with zero attached hydrogens (tertiary/aromatic N) is 1. The molecule has 30 heavy (non-hydrogen) atoms. The highest BCUT2D eigenvalue weighted by atomic mass is 16.6. The fraction of sp³-hybridized carbons (Fsp3) is 0. The minimum absolute atomic E-state index is 0.0355. The van der Waals surface area contributed by atoms with Gasteiger partial charge in [0, 0.05) is 28.9 Å². The number of nitro benzene ring substituents is 1. The molecule has 0 aliphatic heterocycles. The van der Waals surface area contributed by atoms with Crippen LogP contribution in [0.25, 0.3) is 0 Å². The number of nitrogens with one attached hydrogen (secondary N) is 2. The van der Waals surface area contributed by atoms with Crippen molar-refractivity contribution in [2.24, 2.45) is 0 Å². The predicted molar refractivity (Wildman–Crippen MR) is 109 cm³/mol. The molecule has 0 aromatic heterocycles. The van der Waals surface area contributed by atoms with Crippen molar-refractivity contribution in [1.82, 2.24) is 0 Å². The molecule has 9 nitrogen and oxygen atoms in total. The first kappa shape index (κ1) is 20.2. The van der Waals surface area contributed by atoms with Crippen LogP contribution in [0, 0.1) is 10.1 Å². The number of amides is 2. The van der Waals surface area contributed by atoms with E-state index >= 15 is 0 Å². The zero-order chi connectivity index (χ0) is 21.7. The maximum atomic E-state index is 12.4. The third kappa shape index (κ3) is 4.65. The number of anilines is 2. The average molecular weight is 405 g/mol. The van der Waals surface area contributed by atoms with Crippen LogP contribution in [-0.4, -0.2) is 27.8 Å². The molecule has 3 aromatic rings. The van der Waals surface area contributed by atoms with E-state index < -0.39 is 22.7 Å². The zero-order valence-corrected chi connectivity index (χ0v) is 15.4. The third-order valence-electron chi connectivity index (χ3n) is 4.13. The van der Waals surface area contributed by atoms with E-state index in [4.69, 9.17) is 0 Å². The van der Waals surface area contributed by atoms with Gasteiger partial charge in [0.1, 0.15) is 0 Å². The number of hydrogen-bond acceptors (Lipinski definition) is 5. The van der Waals surface area contributed by atoms with Crippen molar-refractivity contribution in [2.75, 3.05) is 10.6 Å². The zero-order valence-electron chi connectivity index (χ0n) is 15.4. The second-order valence-corrected chi connectivity index (χ2v) is 6.14. The van der Waals surface area contributed by atoms with Crippen LogP contribution in [0.2, 0.25) is 0 Å². The molecule has 0 fully saturated rings. The van der Waals surface area contributed by atoms with Crippen LogP contribution in [0.15, 0.2) is 72.8 Å². The number of hydrogen-bond donors (Lipinski definition) is 3. The van der Waals surface area contributed by atoms with Gasteiger partial charge in [-0.3, -0.25) is 19.7 Å². The van der Waals surface area contributed by atoms with Gasteiger partial charge in [0.25, 0.3) is 17.5 Å². The molecule has 0 heterocycles. The van der Waals surface area contributed by atoms with Crippen LogP contribution in [0.5, 0.6) is 0 Å². The van der Waals surface area contributed by atoms with E-state index in [1.165, 1.54) is 54.6 Å². The van der Waals surface area contributed by atoms with Crippen LogP contribution in [0.1, 0.15) is 31.1 Å². The molecule has 0 aliphatic rings. The van der Waals surface area contributed by atoms with Gasteiger partial charge < -0.3 is 15.7 Å². The molecule has 0 saturated heterocycles. The summed E-state index contributed by atoms with van der Waals surface area (Å²) in [6.07, 6.45) is 0. The Morgan fingerprint density at radius 1 is 0.800 bits per heavy atom. The number of rotatable bonds is 6. The second-order valence-electron chi connectivity index (χ2n) is 6.14. The number of carboxylic acids is 1. The number of carbonyl (C=O) groups excluding carboxylic acids is 2. The SMILES string of the molecule is O=C(Nc1ccc(C(=O)Nc2ccccc2C(=O)O)cc1)c1cccc([N+](=O)[O-])c1. The van der Waals surface area contributed by atoms with E-state index in [1.54, 1.807) is 12.1 Å². The summed E-state index contributed by atoms with van der Waals surface area (Å²) in [5.74, 6) is -2.21. The van der Waals surface area contributed by atoms with Gasteiger partial charge in [0.2, 0.25) is 0 Å². The number of non-ortho nitro benzene ring substituents is 1. The first-order valence-corrected chi connectivity index (χ1v) is 8.64. The summed E-state index contributed by atoms with van der Waals surface area (Å²) < 4.78 is 0. The fourth-order valence-electron chi connectivity index (χ4n) is 2.64. The maximum Gasteiger partial charge on any atom is 0.337 e. The molecule has 3 rings (SSSR count). The summed E-state index contributed by atoms with van der Waals surface area (Å²) in [7, 11) is 0. The number of benzene rings is 3. The third-order valence-corrected chi connectivity index (χ3v) is 4.13. The number of nitro groups is 1. The van der Waals surface area contributed by atoms with E-state index in [0.717, 1.165) is 6.07 Å². The lowest BCUT2D eigenvalue weighted by Gasteiger charge is -2.09. The molecule has 0 atom stereocenters. The minimum Gasteiger partial charge on any atom is -0.478 e. The molecule has 0 unspecified atom stereocenters. The van der Waals surface area contributed by atoms with Crippen LogP contribution < -0.4 is 10.6 Å². The molecule has 2 amide bonds. The minimum atomic E-state index is -1.16. The standard InChI is InChI=1S/C21H15N3O6/c25-19(23-18-7-2-1-6-17(18)21(27)28)13-8-10-15(11-9-13)22-20(26)14-4-3-5-16(12-14)24(29)30/h1-12H,(H,22,26)(H,23,25)(H,27,28). The number of aromatic carboxylic acids is 1. The smallest absolute Gasteiger partial charge is 0.337 e. The lowest BCUT2D eigenvalue weighted by atomic mass is 10.1. The monoisotopic (exact) mass is 405 g/mol. The van der Waals surface area contributed by atoms with Crippen molar-refractivity contribution in [3.63, 3.8) is 0 Å². The molecule has 0 aliphatic carbocycles. The molecule has 3 N–H and O–H groups in total.